The number of carbonyl (C=O) groups excluding carboxylic acids is 1. The number of phenolic OH excluding ortho intramolecular Hbond substituents is 1. The fraction of sp³-hybridized carbons (Fsp3) is 0.364. The van der Waals surface area contributed by atoms with E-state index in [4.69, 9.17) is 5.11 Å². The second kappa shape index (κ2) is 5.48. The molecule has 0 aliphatic carbocycles. The number of hydrogen-bond acceptors (Lipinski definition) is 4. The van der Waals surface area contributed by atoms with Crippen LogP contribution in [0.25, 0.3) is 0 Å². The van der Waals surface area contributed by atoms with Crippen LogP contribution >= 0.6 is 0 Å². The Hall–Kier alpha value is -1.59. The Morgan fingerprint density at radius 1 is 1.31 bits per heavy atom. The molecular weight excluding hydrogens is 210 g/mol. The lowest BCUT2D eigenvalue weighted by Gasteiger charge is -2.18. The lowest BCUT2D eigenvalue weighted by atomic mass is 10.0. The van der Waals surface area contributed by atoms with E-state index in [1.165, 1.54) is 31.2 Å². The van der Waals surface area contributed by atoms with Crippen LogP contribution in [0.3, 0.4) is 0 Å². The molecule has 0 saturated heterocycles. The Labute approximate surface area is 93.4 Å². The lowest BCUT2D eigenvalue weighted by Crippen LogP contribution is -2.34. The summed E-state index contributed by atoms with van der Waals surface area (Å²) in [6.45, 7) is 1.32. The molecule has 0 aliphatic heterocycles. The lowest BCUT2D eigenvalue weighted by molar-refractivity contribution is -0.119. The van der Waals surface area contributed by atoms with Crippen LogP contribution in [0.2, 0.25) is 0 Å². The van der Waals surface area contributed by atoms with Gasteiger partial charge in [-0.3, -0.25) is 4.79 Å². The summed E-state index contributed by atoms with van der Waals surface area (Å²) in [5.74, 6) is -0.177. The molecule has 1 aromatic carbocycles. The number of rotatable bonds is 4. The van der Waals surface area contributed by atoms with Crippen LogP contribution in [0.5, 0.6) is 5.75 Å². The largest absolute Gasteiger partial charge is 0.508 e. The van der Waals surface area contributed by atoms with Crippen LogP contribution in [0.1, 0.15) is 18.6 Å². The van der Waals surface area contributed by atoms with Crippen LogP contribution in [0.15, 0.2) is 24.3 Å². The van der Waals surface area contributed by atoms with Gasteiger partial charge >= 0.3 is 0 Å². The minimum atomic E-state index is -1.09. The molecular formula is C11H15NO4. The minimum absolute atomic E-state index is 0.0165. The molecule has 0 aromatic heterocycles. The summed E-state index contributed by atoms with van der Waals surface area (Å²) in [5, 5.41) is 30.7. The van der Waals surface area contributed by atoms with Crippen LogP contribution in [0.4, 0.5) is 0 Å². The molecule has 0 heterocycles. The van der Waals surface area contributed by atoms with E-state index in [0.29, 0.717) is 5.56 Å². The summed E-state index contributed by atoms with van der Waals surface area (Å²) in [7, 11) is 0. The third-order valence-corrected chi connectivity index (χ3v) is 2.16. The van der Waals surface area contributed by atoms with Crippen molar-refractivity contribution in [3.63, 3.8) is 0 Å². The van der Waals surface area contributed by atoms with Gasteiger partial charge in [-0.05, 0) is 17.7 Å². The number of amides is 1. The van der Waals surface area contributed by atoms with Crippen LogP contribution in [-0.4, -0.2) is 33.9 Å². The van der Waals surface area contributed by atoms with Gasteiger partial charge in [0.25, 0.3) is 0 Å². The highest BCUT2D eigenvalue weighted by Gasteiger charge is 2.18. The van der Waals surface area contributed by atoms with E-state index in [9.17, 15) is 15.0 Å². The van der Waals surface area contributed by atoms with Crippen molar-refractivity contribution in [2.45, 2.75) is 19.1 Å². The van der Waals surface area contributed by atoms with Gasteiger partial charge in [0.1, 0.15) is 18.0 Å². The molecule has 5 nitrogen and oxygen atoms in total. The van der Waals surface area contributed by atoms with Gasteiger partial charge in [-0.15, -0.1) is 0 Å². The summed E-state index contributed by atoms with van der Waals surface area (Å²) in [4.78, 5) is 10.6. The molecule has 1 aromatic rings. The topological polar surface area (TPSA) is 89.8 Å². The van der Waals surface area contributed by atoms with E-state index in [1.54, 1.807) is 0 Å². The Morgan fingerprint density at radius 2 is 1.88 bits per heavy atom. The summed E-state index contributed by atoms with van der Waals surface area (Å²) in [6.07, 6.45) is -2.17. The van der Waals surface area contributed by atoms with Gasteiger partial charge in [0, 0.05) is 13.5 Å². The number of aliphatic hydroxyl groups is 2. The molecule has 4 N–H and O–H groups in total. The average molecular weight is 225 g/mol. The first-order chi connectivity index (χ1) is 7.50. The van der Waals surface area contributed by atoms with E-state index in [-0.39, 0.29) is 18.2 Å². The summed E-state index contributed by atoms with van der Waals surface area (Å²) >= 11 is 0. The fourth-order valence-corrected chi connectivity index (χ4v) is 1.25. The highest BCUT2D eigenvalue weighted by molar-refractivity contribution is 5.72. The van der Waals surface area contributed by atoms with Crippen molar-refractivity contribution in [3.8, 4) is 5.75 Å². The Balaban J connectivity index is 2.59. The third-order valence-electron chi connectivity index (χ3n) is 2.16. The summed E-state index contributed by atoms with van der Waals surface area (Å²) in [5.41, 5.74) is 0.482. The molecule has 16 heavy (non-hydrogen) atoms. The average Bonchev–Trinajstić information content (AvgIpc) is 2.26. The Morgan fingerprint density at radius 3 is 2.38 bits per heavy atom. The van der Waals surface area contributed by atoms with E-state index in [0.717, 1.165) is 0 Å². The molecule has 0 radical (unpaired) electrons. The second-order valence-corrected chi connectivity index (χ2v) is 3.54. The van der Waals surface area contributed by atoms with Crippen LogP contribution in [0, 0.1) is 0 Å². The van der Waals surface area contributed by atoms with Crippen molar-refractivity contribution >= 4 is 5.91 Å². The fourth-order valence-electron chi connectivity index (χ4n) is 1.25. The smallest absolute Gasteiger partial charge is 0.216 e. The maximum Gasteiger partial charge on any atom is 0.216 e. The zero-order chi connectivity index (χ0) is 12.1. The molecule has 0 saturated carbocycles. The Bertz CT molecular complexity index is 350. The quantitative estimate of drug-likeness (QED) is 0.577. The van der Waals surface area contributed by atoms with Crippen LogP contribution in [-0.2, 0) is 4.79 Å². The summed E-state index contributed by atoms with van der Waals surface area (Å²) in [6, 6.07) is 5.86. The molecule has 1 amide bonds. The van der Waals surface area contributed by atoms with E-state index < -0.39 is 12.2 Å². The van der Waals surface area contributed by atoms with Crippen molar-refractivity contribution in [1.82, 2.24) is 5.32 Å². The molecule has 0 bridgehead atoms. The van der Waals surface area contributed by atoms with E-state index >= 15 is 0 Å². The highest BCUT2D eigenvalue weighted by Crippen LogP contribution is 2.19. The van der Waals surface area contributed by atoms with Gasteiger partial charge in [0.05, 0.1) is 0 Å². The van der Waals surface area contributed by atoms with Gasteiger partial charge in [0.2, 0.25) is 5.91 Å². The Kier molecular flexibility index (Phi) is 4.28. The highest BCUT2D eigenvalue weighted by atomic mass is 16.3. The second-order valence-electron chi connectivity index (χ2n) is 3.54. The van der Waals surface area contributed by atoms with Crippen molar-refractivity contribution in [2.24, 2.45) is 0 Å². The molecule has 2 unspecified atom stereocenters. The maximum atomic E-state index is 10.6. The number of hydrogen-bond donors (Lipinski definition) is 4. The van der Waals surface area contributed by atoms with Gasteiger partial charge in [-0.1, -0.05) is 12.1 Å². The first-order valence-electron chi connectivity index (χ1n) is 4.90. The van der Waals surface area contributed by atoms with Gasteiger partial charge < -0.3 is 20.6 Å². The molecule has 2 atom stereocenters. The van der Waals surface area contributed by atoms with Crippen molar-refractivity contribution in [3.05, 3.63) is 29.8 Å². The van der Waals surface area contributed by atoms with Gasteiger partial charge in [-0.25, -0.2) is 0 Å². The molecule has 0 spiro atoms. The number of carbonyl (C=O) groups is 1. The maximum absolute atomic E-state index is 10.6. The van der Waals surface area contributed by atoms with Crippen molar-refractivity contribution in [2.75, 3.05) is 6.54 Å². The monoisotopic (exact) mass is 225 g/mol. The molecule has 1 rings (SSSR count). The standard InChI is InChI=1S/C11H15NO4/c1-7(13)12-6-10(15)11(16)8-2-4-9(14)5-3-8/h2-5,10-11,14-16H,6H2,1H3,(H,12,13). The molecule has 88 valence electrons. The van der Waals surface area contributed by atoms with Crippen LogP contribution < -0.4 is 5.32 Å². The van der Waals surface area contributed by atoms with E-state index in [2.05, 4.69) is 5.32 Å². The number of benzene rings is 1. The number of aromatic hydroxyl groups is 1. The van der Waals surface area contributed by atoms with Crippen molar-refractivity contribution in [1.29, 1.82) is 0 Å². The summed E-state index contributed by atoms with van der Waals surface area (Å²) < 4.78 is 0. The predicted molar refractivity (Wildman–Crippen MR) is 57.8 cm³/mol. The van der Waals surface area contributed by atoms with Crippen molar-refractivity contribution < 1.29 is 20.1 Å². The first kappa shape index (κ1) is 12.5. The zero-order valence-corrected chi connectivity index (χ0v) is 8.92. The predicted octanol–water partition coefficient (Wildman–Crippen LogP) is -0.0774. The molecule has 0 fully saturated rings. The zero-order valence-electron chi connectivity index (χ0n) is 8.92. The first-order valence-corrected chi connectivity index (χ1v) is 4.90. The number of nitrogens with one attached hydrogen (secondary N) is 1. The third kappa shape index (κ3) is 3.52. The number of phenols is 1. The SMILES string of the molecule is CC(=O)NCC(O)C(O)c1ccc(O)cc1. The molecule has 0 aliphatic rings. The van der Waals surface area contributed by atoms with Gasteiger partial charge in [0.15, 0.2) is 0 Å². The van der Waals surface area contributed by atoms with E-state index in [1.807, 2.05) is 0 Å². The number of aliphatic hydroxyl groups excluding tert-OH is 2. The molecule has 5 heteroatoms. The van der Waals surface area contributed by atoms with Gasteiger partial charge in [-0.2, -0.15) is 0 Å². The normalized spacial score (nSPS) is 14.2. The minimum Gasteiger partial charge on any atom is -0.508 e.